The number of hydrogen-bond acceptors (Lipinski definition) is 4. The SMILES string of the molecule is CCC(C)NC(=O)c1cc2[nH]c(=O)n(C3CCN(CC(O)c4ccc(Cl)cc4)CC3)c2cc1F. The van der Waals surface area contributed by atoms with Gasteiger partial charge in [-0.15, -0.1) is 0 Å². The molecule has 1 aliphatic heterocycles. The number of benzene rings is 2. The first-order valence-electron chi connectivity index (χ1n) is 11.7. The zero-order valence-corrected chi connectivity index (χ0v) is 20.1. The lowest BCUT2D eigenvalue weighted by Gasteiger charge is -2.33. The number of β-amino-alcohol motifs (C(OH)–C–C–N with tert-alkyl or cyclic N) is 1. The molecule has 1 aliphatic rings. The fourth-order valence-electron chi connectivity index (χ4n) is 4.48. The van der Waals surface area contributed by atoms with Crippen LogP contribution in [-0.4, -0.2) is 51.1 Å². The Kier molecular flexibility index (Phi) is 7.40. The van der Waals surface area contributed by atoms with Crippen LogP contribution < -0.4 is 11.0 Å². The van der Waals surface area contributed by atoms with E-state index in [2.05, 4.69) is 15.2 Å². The van der Waals surface area contributed by atoms with Crippen molar-refractivity contribution < 1.29 is 14.3 Å². The van der Waals surface area contributed by atoms with Crippen LogP contribution >= 0.6 is 11.6 Å². The Bertz CT molecular complexity index is 1220. The third-order valence-corrected chi connectivity index (χ3v) is 6.90. The maximum Gasteiger partial charge on any atom is 0.326 e. The number of piperidine rings is 1. The number of amides is 1. The third-order valence-electron chi connectivity index (χ3n) is 6.65. The van der Waals surface area contributed by atoms with Gasteiger partial charge in [0.15, 0.2) is 0 Å². The molecule has 0 radical (unpaired) electrons. The normalized spacial score (nSPS) is 17.1. The van der Waals surface area contributed by atoms with E-state index in [1.807, 2.05) is 26.0 Å². The number of H-pyrrole nitrogens is 1. The minimum absolute atomic E-state index is 0.0744. The molecular formula is C25H30ClFN4O3. The summed E-state index contributed by atoms with van der Waals surface area (Å²) in [5, 5.41) is 13.9. The monoisotopic (exact) mass is 488 g/mol. The lowest BCUT2D eigenvalue weighted by atomic mass is 10.0. The molecule has 4 rings (SSSR count). The van der Waals surface area contributed by atoms with Gasteiger partial charge < -0.3 is 20.3 Å². The van der Waals surface area contributed by atoms with Crippen LogP contribution in [0.3, 0.4) is 0 Å². The highest BCUT2D eigenvalue weighted by atomic mass is 35.5. The Morgan fingerprint density at radius 3 is 2.59 bits per heavy atom. The van der Waals surface area contributed by atoms with Crippen LogP contribution in [0.2, 0.25) is 5.02 Å². The van der Waals surface area contributed by atoms with Crippen molar-refractivity contribution in [2.24, 2.45) is 0 Å². The van der Waals surface area contributed by atoms with Crippen molar-refractivity contribution in [3.63, 3.8) is 0 Å². The van der Waals surface area contributed by atoms with Gasteiger partial charge in [0.05, 0.1) is 22.7 Å². The fourth-order valence-corrected chi connectivity index (χ4v) is 4.61. The van der Waals surface area contributed by atoms with Crippen molar-refractivity contribution in [3.8, 4) is 0 Å². The number of nitrogens with one attached hydrogen (secondary N) is 2. The molecule has 9 heteroatoms. The lowest BCUT2D eigenvalue weighted by Crippen LogP contribution is -2.39. The second-order valence-corrected chi connectivity index (χ2v) is 9.47. The van der Waals surface area contributed by atoms with E-state index in [1.165, 1.54) is 12.1 Å². The highest BCUT2D eigenvalue weighted by Gasteiger charge is 2.26. The third kappa shape index (κ3) is 5.19. The average molecular weight is 489 g/mol. The molecule has 2 atom stereocenters. The van der Waals surface area contributed by atoms with Gasteiger partial charge in [0.2, 0.25) is 0 Å². The Morgan fingerprint density at radius 2 is 1.94 bits per heavy atom. The number of likely N-dealkylation sites (tertiary alicyclic amines) is 1. The molecule has 182 valence electrons. The van der Waals surface area contributed by atoms with Gasteiger partial charge >= 0.3 is 5.69 Å². The molecule has 2 aromatic carbocycles. The van der Waals surface area contributed by atoms with Crippen molar-refractivity contribution in [2.75, 3.05) is 19.6 Å². The van der Waals surface area contributed by atoms with Gasteiger partial charge in [-0.05, 0) is 49.9 Å². The number of rotatable bonds is 7. The molecule has 1 saturated heterocycles. The van der Waals surface area contributed by atoms with E-state index in [-0.39, 0.29) is 23.3 Å². The summed E-state index contributed by atoms with van der Waals surface area (Å²) >= 11 is 5.92. The summed E-state index contributed by atoms with van der Waals surface area (Å²) in [5.74, 6) is -1.14. The van der Waals surface area contributed by atoms with Crippen molar-refractivity contribution in [1.29, 1.82) is 0 Å². The number of aromatic nitrogens is 2. The van der Waals surface area contributed by atoms with Crippen LogP contribution in [0.25, 0.3) is 11.0 Å². The van der Waals surface area contributed by atoms with Crippen LogP contribution in [-0.2, 0) is 0 Å². The minimum atomic E-state index is -0.649. The first kappa shape index (κ1) is 24.4. The van der Waals surface area contributed by atoms with Gasteiger partial charge in [0.1, 0.15) is 5.82 Å². The molecule has 2 heterocycles. The molecule has 2 unspecified atom stereocenters. The first-order valence-corrected chi connectivity index (χ1v) is 12.0. The number of nitrogens with zero attached hydrogens (tertiary/aromatic N) is 2. The van der Waals surface area contributed by atoms with Gasteiger partial charge in [0.25, 0.3) is 5.91 Å². The van der Waals surface area contributed by atoms with E-state index in [1.54, 1.807) is 16.7 Å². The predicted molar refractivity (Wildman–Crippen MR) is 131 cm³/mol. The van der Waals surface area contributed by atoms with Crippen molar-refractivity contribution in [2.45, 2.75) is 51.3 Å². The van der Waals surface area contributed by atoms with Crippen LogP contribution in [0.1, 0.15) is 61.2 Å². The highest BCUT2D eigenvalue weighted by Crippen LogP contribution is 2.28. The smallest absolute Gasteiger partial charge is 0.326 e. The second kappa shape index (κ2) is 10.3. The Labute approximate surface area is 202 Å². The Hall–Kier alpha value is -2.68. The number of aliphatic hydroxyl groups is 1. The molecular weight excluding hydrogens is 459 g/mol. The average Bonchev–Trinajstić information content (AvgIpc) is 3.13. The van der Waals surface area contributed by atoms with Crippen LogP contribution in [0.4, 0.5) is 4.39 Å². The molecule has 0 spiro atoms. The largest absolute Gasteiger partial charge is 0.387 e. The van der Waals surface area contributed by atoms with E-state index >= 15 is 0 Å². The van der Waals surface area contributed by atoms with E-state index in [4.69, 9.17) is 11.6 Å². The van der Waals surface area contributed by atoms with Crippen LogP contribution in [0.5, 0.6) is 0 Å². The van der Waals surface area contributed by atoms with E-state index < -0.39 is 17.8 Å². The lowest BCUT2D eigenvalue weighted by molar-refractivity contribution is 0.0906. The molecule has 0 bridgehead atoms. The zero-order chi connectivity index (χ0) is 24.4. The van der Waals surface area contributed by atoms with Gasteiger partial charge in [-0.2, -0.15) is 0 Å². The molecule has 3 N–H and O–H groups in total. The van der Waals surface area contributed by atoms with Crippen LogP contribution in [0, 0.1) is 5.82 Å². The second-order valence-electron chi connectivity index (χ2n) is 9.03. The molecule has 1 amide bonds. The number of carbonyl (C=O) groups is 1. The minimum Gasteiger partial charge on any atom is -0.387 e. The van der Waals surface area contributed by atoms with E-state index in [9.17, 15) is 19.1 Å². The van der Waals surface area contributed by atoms with E-state index in [0.29, 0.717) is 48.5 Å². The first-order chi connectivity index (χ1) is 16.3. The maximum absolute atomic E-state index is 14.8. The molecule has 3 aromatic rings. The molecule has 0 saturated carbocycles. The summed E-state index contributed by atoms with van der Waals surface area (Å²) in [5.41, 5.74) is 1.33. The number of halogens is 2. The number of imidazole rings is 1. The van der Waals surface area contributed by atoms with Gasteiger partial charge in [0, 0.05) is 42.8 Å². The standard InChI is InChI=1S/C25H30ClFN4O3/c1-3-15(2)28-24(33)19-12-21-22(13-20(19)27)31(25(34)29-21)18-8-10-30(11-9-18)14-23(32)16-4-6-17(26)7-5-16/h4-7,12-13,15,18,23,32H,3,8-11,14H2,1-2H3,(H,28,33)(H,29,34). The van der Waals surface area contributed by atoms with Crippen molar-refractivity contribution >= 4 is 28.5 Å². The number of hydrogen-bond donors (Lipinski definition) is 3. The molecule has 34 heavy (non-hydrogen) atoms. The molecule has 1 fully saturated rings. The Morgan fingerprint density at radius 1 is 1.26 bits per heavy atom. The zero-order valence-electron chi connectivity index (χ0n) is 19.4. The number of aliphatic hydroxyl groups excluding tert-OH is 1. The maximum atomic E-state index is 14.8. The summed E-state index contributed by atoms with van der Waals surface area (Å²) in [6, 6.07) is 9.67. The van der Waals surface area contributed by atoms with Crippen molar-refractivity contribution in [3.05, 3.63) is 68.8 Å². The van der Waals surface area contributed by atoms with Crippen molar-refractivity contribution in [1.82, 2.24) is 19.8 Å². The summed E-state index contributed by atoms with van der Waals surface area (Å²) in [6.07, 6.45) is 1.49. The molecule has 1 aromatic heterocycles. The number of aromatic amines is 1. The predicted octanol–water partition coefficient (Wildman–Crippen LogP) is 4.02. The quantitative estimate of drug-likeness (QED) is 0.468. The van der Waals surface area contributed by atoms with Gasteiger partial charge in [-0.25, -0.2) is 9.18 Å². The van der Waals surface area contributed by atoms with Crippen LogP contribution in [0.15, 0.2) is 41.2 Å². The number of fused-ring (bicyclic) bond motifs is 1. The van der Waals surface area contributed by atoms with Gasteiger partial charge in [-0.3, -0.25) is 9.36 Å². The number of carbonyl (C=O) groups excluding carboxylic acids is 1. The summed E-state index contributed by atoms with van der Waals surface area (Å²) < 4.78 is 16.4. The Balaban J connectivity index is 1.46. The molecule has 7 nitrogen and oxygen atoms in total. The summed E-state index contributed by atoms with van der Waals surface area (Å²) in [6.45, 7) is 5.68. The summed E-state index contributed by atoms with van der Waals surface area (Å²) in [7, 11) is 0. The fraction of sp³-hybridized carbons (Fsp3) is 0.440. The molecule has 0 aliphatic carbocycles. The van der Waals surface area contributed by atoms with Gasteiger partial charge in [-0.1, -0.05) is 30.7 Å². The topological polar surface area (TPSA) is 90.4 Å². The highest BCUT2D eigenvalue weighted by molar-refractivity contribution is 6.30. The summed E-state index contributed by atoms with van der Waals surface area (Å²) in [4.78, 5) is 30.1. The van der Waals surface area contributed by atoms with E-state index in [0.717, 1.165) is 12.0 Å².